The average molecular weight is 298 g/mol. The fourth-order valence-corrected chi connectivity index (χ4v) is 3.47. The van der Waals surface area contributed by atoms with Gasteiger partial charge in [0.05, 0.1) is 5.75 Å². The summed E-state index contributed by atoms with van der Waals surface area (Å²) in [5.41, 5.74) is 0.692. The SMILES string of the molecule is Cc1cc(C(=O)CSc2ccc(F)cc2F)c(C)s1. The first-order chi connectivity index (χ1) is 8.97. The number of aryl methyl sites for hydroxylation is 2. The van der Waals surface area contributed by atoms with Crippen LogP contribution in [0.3, 0.4) is 0 Å². The molecule has 0 saturated heterocycles. The molecule has 0 aliphatic heterocycles. The van der Waals surface area contributed by atoms with Crippen molar-refractivity contribution in [1.29, 1.82) is 0 Å². The Morgan fingerprint density at radius 1 is 1.26 bits per heavy atom. The van der Waals surface area contributed by atoms with Gasteiger partial charge < -0.3 is 0 Å². The lowest BCUT2D eigenvalue weighted by Gasteiger charge is -2.03. The number of Topliss-reactive ketones (excluding diaryl/α,β-unsaturated/α-hetero) is 1. The summed E-state index contributed by atoms with van der Waals surface area (Å²) < 4.78 is 26.2. The fourth-order valence-electron chi connectivity index (χ4n) is 1.72. The topological polar surface area (TPSA) is 17.1 Å². The number of hydrogen-bond donors (Lipinski definition) is 0. The Labute approximate surface area is 118 Å². The van der Waals surface area contributed by atoms with Crippen molar-refractivity contribution < 1.29 is 13.6 Å². The molecule has 0 spiro atoms. The Kier molecular flexibility index (Phi) is 4.37. The lowest BCUT2D eigenvalue weighted by molar-refractivity contribution is 0.102. The van der Waals surface area contributed by atoms with Crippen molar-refractivity contribution in [3.05, 3.63) is 51.2 Å². The van der Waals surface area contributed by atoms with Crippen LogP contribution >= 0.6 is 23.1 Å². The quantitative estimate of drug-likeness (QED) is 0.605. The van der Waals surface area contributed by atoms with Crippen molar-refractivity contribution >= 4 is 28.9 Å². The Balaban J connectivity index is 2.06. The van der Waals surface area contributed by atoms with Crippen LogP contribution in [-0.4, -0.2) is 11.5 Å². The first-order valence-electron chi connectivity index (χ1n) is 5.65. The number of carbonyl (C=O) groups is 1. The number of rotatable bonds is 4. The van der Waals surface area contributed by atoms with Crippen molar-refractivity contribution in [3.8, 4) is 0 Å². The molecule has 1 aromatic heterocycles. The van der Waals surface area contributed by atoms with E-state index in [1.807, 2.05) is 19.9 Å². The summed E-state index contributed by atoms with van der Waals surface area (Å²) in [6.45, 7) is 3.84. The molecule has 0 amide bonds. The molecule has 0 atom stereocenters. The van der Waals surface area contributed by atoms with Gasteiger partial charge in [0, 0.05) is 26.3 Å². The van der Waals surface area contributed by atoms with Gasteiger partial charge >= 0.3 is 0 Å². The molecule has 5 heteroatoms. The number of hydrogen-bond acceptors (Lipinski definition) is 3. The van der Waals surface area contributed by atoms with E-state index in [0.717, 1.165) is 27.6 Å². The fraction of sp³-hybridized carbons (Fsp3) is 0.214. The third-order valence-electron chi connectivity index (χ3n) is 2.59. The van der Waals surface area contributed by atoms with Gasteiger partial charge in [-0.1, -0.05) is 0 Å². The molecular formula is C14H12F2OS2. The lowest BCUT2D eigenvalue weighted by Crippen LogP contribution is -2.02. The number of thiophene rings is 1. The van der Waals surface area contributed by atoms with Gasteiger partial charge in [-0.2, -0.15) is 0 Å². The number of carbonyl (C=O) groups excluding carboxylic acids is 1. The highest BCUT2D eigenvalue weighted by Crippen LogP contribution is 2.26. The van der Waals surface area contributed by atoms with E-state index in [-0.39, 0.29) is 11.5 Å². The lowest BCUT2D eigenvalue weighted by atomic mass is 10.2. The molecule has 2 rings (SSSR count). The number of thioether (sulfide) groups is 1. The molecule has 0 saturated carbocycles. The van der Waals surface area contributed by atoms with Crippen molar-refractivity contribution in [2.75, 3.05) is 5.75 Å². The van der Waals surface area contributed by atoms with Crippen LogP contribution in [0, 0.1) is 25.5 Å². The molecule has 2 aromatic rings. The Bertz CT molecular complexity index is 620. The summed E-state index contributed by atoms with van der Waals surface area (Å²) in [5.74, 6) is -1.12. The molecule has 1 heterocycles. The highest BCUT2D eigenvalue weighted by Gasteiger charge is 2.13. The van der Waals surface area contributed by atoms with E-state index >= 15 is 0 Å². The summed E-state index contributed by atoms with van der Waals surface area (Å²) in [6, 6.07) is 5.22. The zero-order chi connectivity index (χ0) is 14.0. The van der Waals surface area contributed by atoms with Gasteiger partial charge in [0.25, 0.3) is 0 Å². The van der Waals surface area contributed by atoms with E-state index in [9.17, 15) is 13.6 Å². The summed E-state index contributed by atoms with van der Waals surface area (Å²) in [6.07, 6.45) is 0. The van der Waals surface area contributed by atoms with Crippen LogP contribution in [0.15, 0.2) is 29.2 Å². The van der Waals surface area contributed by atoms with Crippen molar-refractivity contribution in [2.24, 2.45) is 0 Å². The highest BCUT2D eigenvalue weighted by atomic mass is 32.2. The summed E-state index contributed by atoms with van der Waals surface area (Å²) >= 11 is 2.66. The van der Waals surface area contributed by atoms with E-state index in [1.54, 1.807) is 11.3 Å². The van der Waals surface area contributed by atoms with Crippen molar-refractivity contribution in [2.45, 2.75) is 18.7 Å². The van der Waals surface area contributed by atoms with Crippen molar-refractivity contribution in [3.63, 3.8) is 0 Å². The van der Waals surface area contributed by atoms with Gasteiger partial charge in [0.15, 0.2) is 5.78 Å². The van der Waals surface area contributed by atoms with Gasteiger partial charge in [0.2, 0.25) is 0 Å². The molecule has 0 aliphatic carbocycles. The first-order valence-corrected chi connectivity index (χ1v) is 7.45. The van der Waals surface area contributed by atoms with E-state index in [2.05, 4.69) is 0 Å². The zero-order valence-electron chi connectivity index (χ0n) is 10.5. The van der Waals surface area contributed by atoms with Crippen LogP contribution in [0.25, 0.3) is 0 Å². The van der Waals surface area contributed by atoms with Crippen LogP contribution < -0.4 is 0 Å². The molecule has 1 aromatic carbocycles. The maximum atomic E-state index is 13.4. The predicted molar refractivity (Wildman–Crippen MR) is 75.2 cm³/mol. The van der Waals surface area contributed by atoms with Crippen LogP contribution in [-0.2, 0) is 0 Å². The normalized spacial score (nSPS) is 10.7. The van der Waals surface area contributed by atoms with Gasteiger partial charge in [-0.25, -0.2) is 8.78 Å². The smallest absolute Gasteiger partial charge is 0.174 e. The minimum Gasteiger partial charge on any atom is -0.293 e. The number of halogens is 2. The largest absolute Gasteiger partial charge is 0.293 e. The minimum atomic E-state index is -0.629. The summed E-state index contributed by atoms with van der Waals surface area (Å²) in [4.78, 5) is 14.4. The zero-order valence-corrected chi connectivity index (χ0v) is 12.1. The second kappa shape index (κ2) is 5.84. The third kappa shape index (κ3) is 3.42. The third-order valence-corrected chi connectivity index (χ3v) is 4.61. The predicted octanol–water partition coefficient (Wildman–Crippen LogP) is 4.62. The van der Waals surface area contributed by atoms with Gasteiger partial charge in [-0.3, -0.25) is 4.79 Å². The molecular weight excluding hydrogens is 286 g/mol. The van der Waals surface area contributed by atoms with Gasteiger partial charge in [-0.15, -0.1) is 23.1 Å². The molecule has 19 heavy (non-hydrogen) atoms. The minimum absolute atomic E-state index is 0.0319. The maximum Gasteiger partial charge on any atom is 0.174 e. The van der Waals surface area contributed by atoms with E-state index in [1.165, 1.54) is 12.1 Å². The molecule has 100 valence electrons. The molecule has 0 radical (unpaired) electrons. The maximum absolute atomic E-state index is 13.4. The second-order valence-corrected chi connectivity index (χ2v) is 6.59. The molecule has 0 fully saturated rings. The molecule has 0 bridgehead atoms. The molecule has 0 aliphatic rings. The second-order valence-electron chi connectivity index (χ2n) is 4.11. The molecule has 0 unspecified atom stereocenters. The summed E-state index contributed by atoms with van der Waals surface area (Å²) in [5, 5.41) is 0. The van der Waals surface area contributed by atoms with E-state index < -0.39 is 11.6 Å². The molecule has 0 N–H and O–H groups in total. The number of ketones is 1. The molecule has 1 nitrogen and oxygen atoms in total. The Morgan fingerprint density at radius 3 is 2.58 bits per heavy atom. The van der Waals surface area contributed by atoms with Crippen molar-refractivity contribution in [1.82, 2.24) is 0 Å². The van der Waals surface area contributed by atoms with Crippen LogP contribution in [0.1, 0.15) is 20.1 Å². The van der Waals surface area contributed by atoms with Gasteiger partial charge in [-0.05, 0) is 32.0 Å². The first kappa shape index (κ1) is 14.2. The Morgan fingerprint density at radius 2 is 2.00 bits per heavy atom. The summed E-state index contributed by atoms with van der Waals surface area (Å²) in [7, 11) is 0. The van der Waals surface area contributed by atoms with Crippen LogP contribution in [0.2, 0.25) is 0 Å². The van der Waals surface area contributed by atoms with E-state index in [0.29, 0.717) is 10.5 Å². The Hall–Kier alpha value is -1.20. The number of benzene rings is 1. The van der Waals surface area contributed by atoms with E-state index in [4.69, 9.17) is 0 Å². The monoisotopic (exact) mass is 298 g/mol. The average Bonchev–Trinajstić information content (AvgIpc) is 2.67. The standard InChI is InChI=1S/C14H12F2OS2/c1-8-5-11(9(2)19-8)13(17)7-18-14-4-3-10(15)6-12(14)16/h3-6H,7H2,1-2H3. The highest BCUT2D eigenvalue weighted by molar-refractivity contribution is 8.00. The van der Waals surface area contributed by atoms with Crippen LogP contribution in [0.5, 0.6) is 0 Å². The van der Waals surface area contributed by atoms with Gasteiger partial charge in [0.1, 0.15) is 11.6 Å². The van der Waals surface area contributed by atoms with Crippen LogP contribution in [0.4, 0.5) is 8.78 Å².